The minimum absolute atomic E-state index is 0.0255. The summed E-state index contributed by atoms with van der Waals surface area (Å²) in [6, 6.07) is 6.75. The van der Waals surface area contributed by atoms with Crippen molar-refractivity contribution in [3.63, 3.8) is 0 Å². The van der Waals surface area contributed by atoms with E-state index in [4.69, 9.17) is 0 Å². The summed E-state index contributed by atoms with van der Waals surface area (Å²) in [4.78, 5) is 55.3. The number of hydrogen-bond acceptors (Lipinski definition) is 5. The lowest BCUT2D eigenvalue weighted by Gasteiger charge is -2.36. The average Bonchev–Trinajstić information content (AvgIpc) is 3.39. The first-order valence-electron chi connectivity index (χ1n) is 15.8. The van der Waals surface area contributed by atoms with Crippen LogP contribution in [0.25, 0.3) is 0 Å². The van der Waals surface area contributed by atoms with Gasteiger partial charge >= 0.3 is 6.03 Å². The number of fused-ring (bicyclic) bond motifs is 1. The third kappa shape index (κ3) is 5.61. The summed E-state index contributed by atoms with van der Waals surface area (Å²) in [5.41, 5.74) is 1.98. The Hall–Kier alpha value is -3.89. The molecular formula is C32H43N7O4. The SMILES string of the molecule is CNC(=O)C1(N2C[C@@H](C(C)C)NC2=O)Cc2ccc(NC(=O)[C@@H](NC(=O)c3ccnn3C3CC3)C3CCCCC3)cc2C1. The molecule has 1 saturated heterocycles. The molecule has 0 spiro atoms. The molecule has 2 heterocycles. The van der Waals surface area contributed by atoms with Crippen LogP contribution in [0.3, 0.4) is 0 Å². The van der Waals surface area contributed by atoms with Crippen LogP contribution in [-0.2, 0) is 22.4 Å². The molecule has 11 nitrogen and oxygen atoms in total. The van der Waals surface area contributed by atoms with E-state index in [1.54, 1.807) is 28.9 Å². The second-order valence-corrected chi connectivity index (χ2v) is 13.1. The number of carbonyl (C=O) groups is 4. The second kappa shape index (κ2) is 11.7. The third-order valence-corrected chi connectivity index (χ3v) is 9.83. The van der Waals surface area contributed by atoms with Crippen molar-refractivity contribution in [2.75, 3.05) is 18.9 Å². The molecule has 2 aromatic rings. The molecule has 1 aromatic heterocycles. The molecule has 3 aliphatic carbocycles. The minimum Gasteiger partial charge on any atom is -0.357 e. The maximum absolute atomic E-state index is 13.8. The van der Waals surface area contributed by atoms with E-state index in [1.807, 2.05) is 18.2 Å². The number of likely N-dealkylation sites (N-methyl/N-ethyl adjacent to an activating group) is 1. The van der Waals surface area contributed by atoms with E-state index in [9.17, 15) is 19.2 Å². The van der Waals surface area contributed by atoms with Crippen LogP contribution in [0, 0.1) is 11.8 Å². The molecular weight excluding hydrogens is 546 g/mol. The van der Waals surface area contributed by atoms with Crippen LogP contribution in [0.5, 0.6) is 0 Å². The first-order chi connectivity index (χ1) is 20.7. The number of benzene rings is 1. The average molecular weight is 590 g/mol. The van der Waals surface area contributed by atoms with Crippen molar-refractivity contribution in [3.05, 3.63) is 47.3 Å². The number of amides is 5. The standard InChI is InChI=1S/C32H43N7O4/c1-19(2)25-18-38(31(43)36-25)32(30(42)33-3)16-21-9-10-23(15-22(21)17-32)35-29(41)27(20-7-5-4-6-8-20)37-28(40)26-13-14-34-39(26)24-11-12-24/h9-10,13-15,19-20,24-25,27H,4-8,11-12,16-18H2,1-3H3,(H,33,42)(H,35,41)(H,36,43)(H,37,40)/t25-,27-,32?/m0/s1. The lowest BCUT2D eigenvalue weighted by Crippen LogP contribution is -2.60. The van der Waals surface area contributed by atoms with Gasteiger partial charge in [-0.2, -0.15) is 5.10 Å². The van der Waals surface area contributed by atoms with Crippen molar-refractivity contribution < 1.29 is 19.2 Å². The molecule has 3 fully saturated rings. The highest BCUT2D eigenvalue weighted by atomic mass is 16.2. The molecule has 11 heteroatoms. The number of carbonyl (C=O) groups excluding carboxylic acids is 4. The summed E-state index contributed by atoms with van der Waals surface area (Å²) in [7, 11) is 1.60. The van der Waals surface area contributed by atoms with Crippen molar-refractivity contribution in [3.8, 4) is 0 Å². The predicted molar refractivity (Wildman–Crippen MR) is 161 cm³/mol. The fourth-order valence-electron chi connectivity index (χ4n) is 7.15. The summed E-state index contributed by atoms with van der Waals surface area (Å²) in [5.74, 6) is -0.421. The smallest absolute Gasteiger partial charge is 0.318 e. The lowest BCUT2D eigenvalue weighted by molar-refractivity contribution is -0.130. The third-order valence-electron chi connectivity index (χ3n) is 9.83. The normalized spacial score (nSPS) is 24.4. The number of hydrogen-bond donors (Lipinski definition) is 4. The summed E-state index contributed by atoms with van der Waals surface area (Å²) >= 11 is 0. The number of nitrogens with one attached hydrogen (secondary N) is 4. The monoisotopic (exact) mass is 589 g/mol. The van der Waals surface area contributed by atoms with E-state index in [0.29, 0.717) is 30.8 Å². The molecule has 4 aliphatic rings. The predicted octanol–water partition coefficient (Wildman–Crippen LogP) is 3.17. The van der Waals surface area contributed by atoms with Gasteiger partial charge < -0.3 is 26.2 Å². The van der Waals surface area contributed by atoms with E-state index < -0.39 is 11.6 Å². The van der Waals surface area contributed by atoms with E-state index in [1.165, 1.54) is 0 Å². The molecule has 5 amide bonds. The van der Waals surface area contributed by atoms with Gasteiger partial charge in [-0.3, -0.25) is 19.1 Å². The van der Waals surface area contributed by atoms with E-state index in [-0.39, 0.29) is 47.7 Å². The Kier molecular flexibility index (Phi) is 7.91. The van der Waals surface area contributed by atoms with Crippen molar-refractivity contribution in [2.45, 2.75) is 95.3 Å². The zero-order valence-corrected chi connectivity index (χ0v) is 25.3. The van der Waals surface area contributed by atoms with Gasteiger partial charge in [0.2, 0.25) is 11.8 Å². The molecule has 6 rings (SSSR count). The maximum Gasteiger partial charge on any atom is 0.318 e. The highest BCUT2D eigenvalue weighted by Crippen LogP contribution is 2.39. The Bertz CT molecular complexity index is 1410. The summed E-state index contributed by atoms with van der Waals surface area (Å²) in [6.07, 6.45) is 9.40. The van der Waals surface area contributed by atoms with Gasteiger partial charge in [0.05, 0.1) is 12.1 Å². The minimum atomic E-state index is -1.03. The summed E-state index contributed by atoms with van der Waals surface area (Å²) in [6.45, 7) is 4.58. The fourth-order valence-corrected chi connectivity index (χ4v) is 7.15. The van der Waals surface area contributed by atoms with E-state index >= 15 is 0 Å². The van der Waals surface area contributed by atoms with Crippen molar-refractivity contribution in [2.24, 2.45) is 11.8 Å². The highest BCUT2D eigenvalue weighted by Gasteiger charge is 2.53. The molecule has 1 aromatic carbocycles. The molecule has 43 heavy (non-hydrogen) atoms. The zero-order valence-electron chi connectivity index (χ0n) is 25.3. The van der Waals surface area contributed by atoms with Gasteiger partial charge in [0.25, 0.3) is 5.91 Å². The van der Waals surface area contributed by atoms with Crippen LogP contribution in [0.15, 0.2) is 30.5 Å². The number of aromatic nitrogens is 2. The van der Waals surface area contributed by atoms with Crippen LogP contribution < -0.4 is 21.3 Å². The molecule has 3 atom stereocenters. The van der Waals surface area contributed by atoms with Gasteiger partial charge in [0, 0.05) is 38.3 Å². The molecule has 0 radical (unpaired) electrons. The zero-order chi connectivity index (χ0) is 30.3. The quantitative estimate of drug-likeness (QED) is 0.356. The second-order valence-electron chi connectivity index (χ2n) is 13.1. The molecule has 1 aliphatic heterocycles. The van der Waals surface area contributed by atoms with Crippen LogP contribution in [-0.4, -0.2) is 69.6 Å². The van der Waals surface area contributed by atoms with E-state index in [0.717, 1.165) is 56.1 Å². The van der Waals surface area contributed by atoms with Crippen LogP contribution in [0.1, 0.15) is 86.5 Å². The lowest BCUT2D eigenvalue weighted by atomic mass is 9.83. The number of rotatable bonds is 9. The van der Waals surface area contributed by atoms with Gasteiger partial charge in [0.15, 0.2) is 0 Å². The summed E-state index contributed by atoms with van der Waals surface area (Å²) in [5, 5.41) is 16.3. The van der Waals surface area contributed by atoms with Gasteiger partial charge in [-0.25, -0.2) is 4.79 Å². The largest absolute Gasteiger partial charge is 0.357 e. The van der Waals surface area contributed by atoms with Gasteiger partial charge in [-0.1, -0.05) is 39.2 Å². The van der Waals surface area contributed by atoms with Gasteiger partial charge in [0.1, 0.15) is 17.3 Å². The Morgan fingerprint density at radius 1 is 1.02 bits per heavy atom. The number of nitrogens with zero attached hydrogens (tertiary/aromatic N) is 3. The first-order valence-corrected chi connectivity index (χ1v) is 15.8. The van der Waals surface area contributed by atoms with Crippen molar-refractivity contribution >= 4 is 29.4 Å². The van der Waals surface area contributed by atoms with Crippen molar-refractivity contribution in [1.29, 1.82) is 0 Å². The number of anilines is 1. The molecule has 1 unspecified atom stereocenters. The first kappa shape index (κ1) is 29.2. The Labute approximate surface area is 252 Å². The Morgan fingerprint density at radius 3 is 2.44 bits per heavy atom. The molecule has 0 bridgehead atoms. The van der Waals surface area contributed by atoms with Crippen LogP contribution >= 0.6 is 0 Å². The molecule has 230 valence electrons. The van der Waals surface area contributed by atoms with Crippen LogP contribution in [0.4, 0.5) is 10.5 Å². The molecule has 2 saturated carbocycles. The van der Waals surface area contributed by atoms with Crippen molar-refractivity contribution in [1.82, 2.24) is 30.6 Å². The maximum atomic E-state index is 13.8. The van der Waals surface area contributed by atoms with Gasteiger partial charge in [-0.05, 0) is 66.8 Å². The number of urea groups is 1. The van der Waals surface area contributed by atoms with E-state index in [2.05, 4.69) is 40.2 Å². The topological polar surface area (TPSA) is 137 Å². The summed E-state index contributed by atoms with van der Waals surface area (Å²) < 4.78 is 1.77. The molecule has 4 N–H and O–H groups in total. The Balaban J connectivity index is 1.21. The fraction of sp³-hybridized carbons (Fsp3) is 0.594. The van der Waals surface area contributed by atoms with Crippen LogP contribution in [0.2, 0.25) is 0 Å². The van der Waals surface area contributed by atoms with Gasteiger partial charge in [-0.15, -0.1) is 0 Å². The Morgan fingerprint density at radius 2 is 1.77 bits per heavy atom. The highest BCUT2D eigenvalue weighted by molar-refractivity contribution is 6.01.